The third-order valence-corrected chi connectivity index (χ3v) is 4.19. The highest BCUT2D eigenvalue weighted by atomic mass is 16.2. The van der Waals surface area contributed by atoms with Crippen molar-refractivity contribution in [2.24, 2.45) is 0 Å². The molecule has 128 valence electrons. The number of rotatable bonds is 6. The fraction of sp³-hybridized carbons (Fsp3) is 0.471. The molecule has 1 aliphatic rings. The van der Waals surface area contributed by atoms with Crippen LogP contribution in [0.2, 0.25) is 0 Å². The van der Waals surface area contributed by atoms with Crippen molar-refractivity contribution in [2.75, 3.05) is 19.6 Å². The Labute approximate surface area is 142 Å². The second-order valence-corrected chi connectivity index (χ2v) is 6.13. The van der Waals surface area contributed by atoms with Gasteiger partial charge in [0.25, 0.3) is 0 Å². The first-order chi connectivity index (χ1) is 11.8. The van der Waals surface area contributed by atoms with Crippen LogP contribution in [-0.4, -0.2) is 51.6 Å². The second kappa shape index (κ2) is 8.44. The predicted octanol–water partition coefficient (Wildman–Crippen LogP) is 1.24. The van der Waals surface area contributed by atoms with Crippen molar-refractivity contribution in [1.82, 2.24) is 30.5 Å². The van der Waals surface area contributed by atoms with Gasteiger partial charge in [-0.15, -0.1) is 5.10 Å². The van der Waals surface area contributed by atoms with Crippen molar-refractivity contribution >= 4 is 6.03 Å². The lowest BCUT2D eigenvalue weighted by Crippen LogP contribution is -2.50. The average Bonchev–Trinajstić information content (AvgIpc) is 3.09. The Morgan fingerprint density at radius 3 is 2.96 bits per heavy atom. The Kier molecular flexibility index (Phi) is 5.79. The van der Waals surface area contributed by atoms with Crippen LogP contribution in [0.25, 0.3) is 0 Å². The quantitative estimate of drug-likeness (QED) is 0.837. The van der Waals surface area contributed by atoms with Crippen LogP contribution in [0.4, 0.5) is 4.79 Å². The molecule has 2 N–H and O–H groups in total. The lowest BCUT2D eigenvalue weighted by molar-refractivity contribution is 0.180. The summed E-state index contributed by atoms with van der Waals surface area (Å²) in [7, 11) is 0. The van der Waals surface area contributed by atoms with Crippen LogP contribution in [0.15, 0.2) is 42.7 Å². The minimum atomic E-state index is -0.110. The zero-order valence-corrected chi connectivity index (χ0v) is 13.8. The molecule has 0 spiro atoms. The molecule has 2 amide bonds. The van der Waals surface area contributed by atoms with Crippen molar-refractivity contribution in [3.05, 3.63) is 48.3 Å². The molecule has 1 aromatic carbocycles. The molecule has 0 unspecified atom stereocenters. The highest BCUT2D eigenvalue weighted by Gasteiger charge is 2.21. The van der Waals surface area contributed by atoms with Gasteiger partial charge in [0.05, 0.1) is 12.7 Å². The van der Waals surface area contributed by atoms with E-state index in [-0.39, 0.29) is 12.1 Å². The Morgan fingerprint density at radius 2 is 2.17 bits per heavy atom. The Morgan fingerprint density at radius 1 is 1.29 bits per heavy atom. The average molecular weight is 328 g/mol. The molecular weight excluding hydrogens is 304 g/mol. The molecule has 0 saturated carbocycles. The lowest BCUT2D eigenvalue weighted by Gasteiger charge is -2.33. The van der Waals surface area contributed by atoms with Crippen molar-refractivity contribution in [1.29, 1.82) is 0 Å². The molecule has 2 heterocycles. The third kappa shape index (κ3) is 5.06. The van der Waals surface area contributed by atoms with Crippen LogP contribution in [-0.2, 0) is 13.1 Å². The van der Waals surface area contributed by atoms with Gasteiger partial charge in [-0.1, -0.05) is 35.5 Å². The summed E-state index contributed by atoms with van der Waals surface area (Å²) in [5.74, 6) is 0. The van der Waals surface area contributed by atoms with Crippen molar-refractivity contribution in [3.8, 4) is 0 Å². The summed E-state index contributed by atoms with van der Waals surface area (Å²) in [6.45, 7) is 4.08. The summed E-state index contributed by atoms with van der Waals surface area (Å²) >= 11 is 0. The number of carbonyl (C=O) groups excluding carboxylic acids is 1. The van der Waals surface area contributed by atoms with E-state index in [2.05, 4.69) is 50.1 Å². The van der Waals surface area contributed by atoms with Gasteiger partial charge in [0.15, 0.2) is 0 Å². The second-order valence-electron chi connectivity index (χ2n) is 6.13. The van der Waals surface area contributed by atoms with Gasteiger partial charge in [-0.2, -0.15) is 0 Å². The maximum atomic E-state index is 12.0. The smallest absolute Gasteiger partial charge is 0.315 e. The molecule has 1 fully saturated rings. The number of piperidine rings is 1. The molecule has 0 bridgehead atoms. The Bertz CT molecular complexity index is 615. The summed E-state index contributed by atoms with van der Waals surface area (Å²) in [5.41, 5.74) is 1.32. The molecule has 2 aromatic rings. The van der Waals surface area contributed by atoms with Gasteiger partial charge in [-0.25, -0.2) is 4.79 Å². The van der Waals surface area contributed by atoms with Crippen LogP contribution in [0, 0.1) is 0 Å². The van der Waals surface area contributed by atoms with Gasteiger partial charge in [-0.05, 0) is 24.9 Å². The number of nitrogens with one attached hydrogen (secondary N) is 2. The third-order valence-electron chi connectivity index (χ3n) is 4.19. The molecule has 7 heteroatoms. The van der Waals surface area contributed by atoms with Gasteiger partial charge in [0, 0.05) is 31.9 Å². The molecular formula is C17H24N6O. The molecule has 7 nitrogen and oxygen atoms in total. The summed E-state index contributed by atoms with van der Waals surface area (Å²) < 4.78 is 1.70. The SMILES string of the molecule is O=C(NCCn1ccnn1)N[C@@H]1CCCN(Cc2ccccc2)C1. The van der Waals surface area contributed by atoms with Gasteiger partial charge in [-0.3, -0.25) is 9.58 Å². The number of amides is 2. The van der Waals surface area contributed by atoms with E-state index >= 15 is 0 Å². The number of urea groups is 1. The zero-order valence-electron chi connectivity index (χ0n) is 13.8. The molecule has 24 heavy (non-hydrogen) atoms. The molecule has 0 aliphatic carbocycles. The molecule has 1 aliphatic heterocycles. The minimum Gasteiger partial charge on any atom is -0.336 e. The van der Waals surface area contributed by atoms with Crippen molar-refractivity contribution in [3.63, 3.8) is 0 Å². The fourth-order valence-corrected chi connectivity index (χ4v) is 3.03. The number of hydrogen-bond acceptors (Lipinski definition) is 4. The first kappa shape index (κ1) is 16.4. The summed E-state index contributed by atoms with van der Waals surface area (Å²) in [6.07, 6.45) is 5.55. The maximum Gasteiger partial charge on any atom is 0.315 e. The Balaban J connectivity index is 1.39. The summed E-state index contributed by atoms with van der Waals surface area (Å²) in [5, 5.41) is 13.6. The zero-order chi connectivity index (χ0) is 16.6. The van der Waals surface area contributed by atoms with E-state index in [1.54, 1.807) is 17.1 Å². The summed E-state index contributed by atoms with van der Waals surface area (Å²) in [4.78, 5) is 14.4. The topological polar surface area (TPSA) is 75.1 Å². The van der Waals surface area contributed by atoms with Gasteiger partial charge in [0.2, 0.25) is 0 Å². The number of aromatic nitrogens is 3. The number of nitrogens with zero attached hydrogens (tertiary/aromatic N) is 4. The highest BCUT2D eigenvalue weighted by molar-refractivity contribution is 5.74. The fourth-order valence-electron chi connectivity index (χ4n) is 3.03. The van der Waals surface area contributed by atoms with E-state index < -0.39 is 0 Å². The first-order valence-corrected chi connectivity index (χ1v) is 8.44. The first-order valence-electron chi connectivity index (χ1n) is 8.44. The largest absolute Gasteiger partial charge is 0.336 e. The van der Waals surface area contributed by atoms with E-state index in [4.69, 9.17) is 0 Å². The number of benzene rings is 1. The number of hydrogen-bond donors (Lipinski definition) is 2. The van der Waals surface area contributed by atoms with E-state index in [1.165, 1.54) is 5.56 Å². The van der Waals surface area contributed by atoms with Crippen molar-refractivity contribution in [2.45, 2.75) is 32.0 Å². The van der Waals surface area contributed by atoms with Gasteiger partial charge in [0.1, 0.15) is 0 Å². The molecule has 0 radical (unpaired) electrons. The van der Waals surface area contributed by atoms with Crippen LogP contribution >= 0.6 is 0 Å². The van der Waals surface area contributed by atoms with Gasteiger partial charge >= 0.3 is 6.03 Å². The highest BCUT2D eigenvalue weighted by Crippen LogP contribution is 2.13. The normalized spacial score (nSPS) is 18.2. The van der Waals surface area contributed by atoms with E-state index in [9.17, 15) is 4.79 Å². The standard InChI is InChI=1S/C17H24N6O/c24-17(18-8-11-23-12-9-19-21-23)20-16-7-4-10-22(14-16)13-15-5-2-1-3-6-15/h1-3,5-6,9,12,16H,4,7-8,10-11,13-14H2,(H2,18,20,24)/t16-/m1/s1. The van der Waals surface area contributed by atoms with Crippen LogP contribution in [0.1, 0.15) is 18.4 Å². The van der Waals surface area contributed by atoms with Gasteiger partial charge < -0.3 is 10.6 Å². The summed E-state index contributed by atoms with van der Waals surface area (Å²) in [6, 6.07) is 10.6. The number of likely N-dealkylation sites (tertiary alicyclic amines) is 1. The molecule has 1 aromatic heterocycles. The molecule has 1 atom stereocenters. The van der Waals surface area contributed by atoms with Crippen LogP contribution in [0.3, 0.4) is 0 Å². The maximum absolute atomic E-state index is 12.0. The molecule has 3 rings (SSSR count). The molecule has 1 saturated heterocycles. The van der Waals surface area contributed by atoms with Crippen LogP contribution < -0.4 is 10.6 Å². The Hall–Kier alpha value is -2.41. The van der Waals surface area contributed by atoms with E-state index in [1.807, 2.05) is 6.07 Å². The van der Waals surface area contributed by atoms with Crippen LogP contribution in [0.5, 0.6) is 0 Å². The van der Waals surface area contributed by atoms with Crippen molar-refractivity contribution < 1.29 is 4.79 Å². The monoisotopic (exact) mass is 328 g/mol. The minimum absolute atomic E-state index is 0.110. The predicted molar refractivity (Wildman–Crippen MR) is 91.3 cm³/mol. The lowest BCUT2D eigenvalue weighted by atomic mass is 10.0. The number of carbonyl (C=O) groups is 1. The van der Waals surface area contributed by atoms with E-state index in [0.29, 0.717) is 13.1 Å². The van der Waals surface area contributed by atoms with E-state index in [0.717, 1.165) is 32.5 Å².